The topological polar surface area (TPSA) is 113 Å². The normalized spacial score (nSPS) is 15.8. The summed E-state index contributed by atoms with van der Waals surface area (Å²) in [5.74, 6) is -2.17. The van der Waals surface area contributed by atoms with Gasteiger partial charge in [0.15, 0.2) is 0 Å². The maximum absolute atomic E-state index is 13.7. The van der Waals surface area contributed by atoms with Crippen LogP contribution in [-0.4, -0.2) is 62.7 Å². The molecule has 1 aliphatic heterocycles. The lowest BCUT2D eigenvalue weighted by Crippen LogP contribution is -2.59. The van der Waals surface area contributed by atoms with Crippen molar-refractivity contribution >= 4 is 33.6 Å². The molecular formula is C18H23FN4O4S2. The van der Waals surface area contributed by atoms with Gasteiger partial charge in [-0.25, -0.2) is 12.8 Å². The van der Waals surface area contributed by atoms with Crippen molar-refractivity contribution in [3.63, 3.8) is 0 Å². The van der Waals surface area contributed by atoms with Crippen molar-refractivity contribution in [1.29, 1.82) is 0 Å². The van der Waals surface area contributed by atoms with Gasteiger partial charge in [-0.3, -0.25) is 9.59 Å². The predicted molar refractivity (Wildman–Crippen MR) is 110 cm³/mol. The second-order valence-electron chi connectivity index (χ2n) is 6.59. The second kappa shape index (κ2) is 9.53. The first-order valence-electron chi connectivity index (χ1n) is 8.60. The maximum Gasteiger partial charge on any atom is 0.259 e. The highest BCUT2D eigenvalue weighted by atomic mass is 32.3. The fourth-order valence-corrected chi connectivity index (χ4v) is 5.31. The smallest absolute Gasteiger partial charge is 0.259 e. The van der Waals surface area contributed by atoms with Gasteiger partial charge < -0.3 is 16.0 Å². The van der Waals surface area contributed by atoms with Gasteiger partial charge in [-0.1, -0.05) is 30.5 Å². The zero-order valence-electron chi connectivity index (χ0n) is 16.1. The monoisotopic (exact) mass is 442 g/mol. The van der Waals surface area contributed by atoms with E-state index in [0.717, 1.165) is 6.07 Å². The van der Waals surface area contributed by atoms with Crippen LogP contribution in [0.2, 0.25) is 0 Å². The minimum absolute atomic E-state index is 0.0257. The number of halogens is 1. The van der Waals surface area contributed by atoms with E-state index in [1.165, 1.54) is 28.6 Å². The Morgan fingerprint density at radius 3 is 2.55 bits per heavy atom. The van der Waals surface area contributed by atoms with Crippen molar-refractivity contribution in [3.05, 3.63) is 57.6 Å². The Hall–Kier alpha value is -2.21. The molecule has 11 heteroatoms. The van der Waals surface area contributed by atoms with Crippen LogP contribution in [0.15, 0.2) is 46.2 Å². The molecule has 29 heavy (non-hydrogen) atoms. The summed E-state index contributed by atoms with van der Waals surface area (Å²) >= 11 is 0.671. The van der Waals surface area contributed by atoms with Crippen LogP contribution >= 0.6 is 11.8 Å². The van der Waals surface area contributed by atoms with Gasteiger partial charge in [0.05, 0.1) is 10.6 Å². The molecule has 8 nitrogen and oxygen atoms in total. The molecule has 3 N–H and O–H groups in total. The molecule has 2 amide bonds. The summed E-state index contributed by atoms with van der Waals surface area (Å²) in [6.07, 6.45) is 0.896. The number of rotatable bonds is 9. The summed E-state index contributed by atoms with van der Waals surface area (Å²) in [6, 6.07) is 5.47. The zero-order chi connectivity index (χ0) is 21.8. The number of nitrogens with one attached hydrogen (secondary N) is 1. The van der Waals surface area contributed by atoms with E-state index in [4.69, 9.17) is 5.73 Å². The van der Waals surface area contributed by atoms with E-state index < -0.39 is 27.7 Å². The van der Waals surface area contributed by atoms with Crippen LogP contribution in [0, 0.1) is 5.82 Å². The lowest BCUT2D eigenvalue weighted by atomic mass is 10.2. The Labute approximate surface area is 173 Å². The van der Waals surface area contributed by atoms with Crippen LogP contribution < -0.4 is 11.1 Å². The highest BCUT2D eigenvalue weighted by Crippen LogP contribution is 2.33. The number of thioether (sulfide) groups is 1. The molecule has 0 spiro atoms. The molecule has 1 aromatic carbocycles. The molecule has 0 aliphatic carbocycles. The van der Waals surface area contributed by atoms with Crippen LogP contribution in [-0.2, 0) is 14.8 Å². The number of hydrogen-bond acceptors (Lipinski definition) is 6. The highest BCUT2D eigenvalue weighted by Gasteiger charge is 2.39. The first-order chi connectivity index (χ1) is 13.5. The van der Waals surface area contributed by atoms with Crippen LogP contribution in [0.25, 0.3) is 0 Å². The van der Waals surface area contributed by atoms with E-state index in [0.29, 0.717) is 24.9 Å². The number of primary amides is 1. The molecule has 2 rings (SSSR count). The quantitative estimate of drug-likeness (QED) is 0.591. The van der Waals surface area contributed by atoms with Gasteiger partial charge in [-0.2, -0.15) is 4.31 Å². The molecule has 1 aromatic rings. The third-order valence-corrected chi connectivity index (χ3v) is 7.47. The molecule has 0 aromatic heterocycles. The highest BCUT2D eigenvalue weighted by molar-refractivity contribution is 8.20. The minimum atomic E-state index is -3.89. The van der Waals surface area contributed by atoms with Crippen LogP contribution in [0.5, 0.6) is 0 Å². The number of amides is 2. The number of hydrogen-bond donors (Lipinski definition) is 2. The number of nitrogens with two attached hydrogens (primary N) is 1. The number of benzene rings is 1. The molecule has 1 saturated heterocycles. The molecule has 0 atom stereocenters. The Morgan fingerprint density at radius 1 is 1.38 bits per heavy atom. The third kappa shape index (κ3) is 5.89. The number of nitrogens with zero attached hydrogens (tertiary/aromatic N) is 2. The van der Waals surface area contributed by atoms with Crippen LogP contribution in [0.3, 0.4) is 0 Å². The summed E-state index contributed by atoms with van der Waals surface area (Å²) in [5.41, 5.74) is 4.93. The Bertz CT molecular complexity index is 941. The third-order valence-electron chi connectivity index (χ3n) is 4.22. The van der Waals surface area contributed by atoms with E-state index in [1.807, 2.05) is 19.0 Å². The van der Waals surface area contributed by atoms with Gasteiger partial charge in [-0.05, 0) is 32.3 Å². The first kappa shape index (κ1) is 23.1. The average Bonchev–Trinajstić information content (AvgIpc) is 2.56. The Morgan fingerprint density at radius 2 is 2.00 bits per heavy atom. The molecule has 0 bridgehead atoms. The Balaban J connectivity index is 2.13. The summed E-state index contributed by atoms with van der Waals surface area (Å²) in [6.45, 7) is 4.24. The second-order valence-corrected chi connectivity index (χ2v) is 9.89. The Kier molecular flexibility index (Phi) is 7.58. The van der Waals surface area contributed by atoms with Gasteiger partial charge in [-0.15, -0.1) is 0 Å². The number of carbonyl (C=O) groups is 2. The van der Waals surface area contributed by atoms with Crippen molar-refractivity contribution in [3.8, 4) is 0 Å². The minimum Gasteiger partial charge on any atom is -0.369 e. The summed E-state index contributed by atoms with van der Waals surface area (Å²) in [7, 11) is -0.184. The van der Waals surface area contributed by atoms with Crippen LogP contribution in [0.1, 0.15) is 16.8 Å². The van der Waals surface area contributed by atoms with E-state index >= 15 is 0 Å². The molecule has 0 unspecified atom stereocenters. The fourth-order valence-electron chi connectivity index (χ4n) is 2.44. The van der Waals surface area contributed by atoms with Gasteiger partial charge in [0, 0.05) is 25.6 Å². The number of carbonyl (C=O) groups excluding carboxylic acids is 2. The van der Waals surface area contributed by atoms with Gasteiger partial charge in [0.2, 0.25) is 15.9 Å². The number of sulfonamides is 1. The predicted octanol–water partition coefficient (Wildman–Crippen LogP) is 1.05. The maximum atomic E-state index is 13.7. The van der Waals surface area contributed by atoms with Crippen LogP contribution in [0.4, 0.5) is 4.39 Å². The molecule has 158 valence electrons. The van der Waals surface area contributed by atoms with Crippen molar-refractivity contribution in [1.82, 2.24) is 14.5 Å². The standard InChI is InChI=1S/C18H23FN4O4S2/c1-12(21-18(25)14-6-4-5-7-15(14)19)28-17(9-8-16(20)24)29(26,27)23-10-13(11-23)22(2)3/h4-7,9,13H,1,8,10-11H2,2-3H3,(H2,20,24)(H,21,25)/b17-9+. The van der Waals surface area contributed by atoms with E-state index in [9.17, 15) is 22.4 Å². The molecular weight excluding hydrogens is 419 g/mol. The van der Waals surface area contributed by atoms with Gasteiger partial charge >= 0.3 is 0 Å². The van der Waals surface area contributed by atoms with Crippen molar-refractivity contribution in [2.24, 2.45) is 5.73 Å². The van der Waals surface area contributed by atoms with Crippen molar-refractivity contribution < 1.29 is 22.4 Å². The largest absolute Gasteiger partial charge is 0.369 e. The SMILES string of the molecule is C=C(NC(=O)c1ccccc1F)S/C(=C\CC(N)=O)S(=O)(=O)N1CC(N(C)C)C1. The molecule has 0 saturated carbocycles. The number of likely N-dealkylation sites (N-methyl/N-ethyl adjacent to an activating group) is 1. The fraction of sp³-hybridized carbons (Fsp3) is 0.333. The lowest BCUT2D eigenvalue weighted by molar-refractivity contribution is -0.117. The molecule has 1 fully saturated rings. The summed E-state index contributed by atoms with van der Waals surface area (Å²) < 4.78 is 40.6. The first-order valence-corrected chi connectivity index (χ1v) is 10.9. The molecule has 1 heterocycles. The zero-order valence-corrected chi connectivity index (χ0v) is 17.7. The van der Waals surface area contributed by atoms with E-state index in [1.54, 1.807) is 0 Å². The van der Waals surface area contributed by atoms with Gasteiger partial charge in [0.1, 0.15) is 10.1 Å². The lowest BCUT2D eigenvalue weighted by Gasteiger charge is -2.41. The van der Waals surface area contributed by atoms with Crippen molar-refractivity contribution in [2.45, 2.75) is 12.5 Å². The molecule has 0 radical (unpaired) electrons. The van der Waals surface area contributed by atoms with Crippen molar-refractivity contribution in [2.75, 3.05) is 27.2 Å². The average molecular weight is 443 g/mol. The summed E-state index contributed by atoms with van der Waals surface area (Å²) in [4.78, 5) is 25.3. The van der Waals surface area contributed by atoms with Gasteiger partial charge in [0.25, 0.3) is 5.91 Å². The summed E-state index contributed by atoms with van der Waals surface area (Å²) in [5, 5.41) is 2.34. The molecule has 1 aliphatic rings. The van der Waals surface area contributed by atoms with E-state index in [2.05, 4.69) is 11.9 Å². The van der Waals surface area contributed by atoms with E-state index in [-0.39, 0.29) is 27.3 Å².